The van der Waals surface area contributed by atoms with E-state index in [1.807, 2.05) is 0 Å². The van der Waals surface area contributed by atoms with Gasteiger partial charge >= 0.3 is 0 Å². The van der Waals surface area contributed by atoms with Crippen LogP contribution in [0.3, 0.4) is 0 Å². The van der Waals surface area contributed by atoms with Gasteiger partial charge in [0.05, 0.1) is 18.4 Å². The van der Waals surface area contributed by atoms with Gasteiger partial charge in [0.2, 0.25) is 5.91 Å². The summed E-state index contributed by atoms with van der Waals surface area (Å²) in [5, 5.41) is 19.3. The number of carbonyl (C=O) groups is 2. The summed E-state index contributed by atoms with van der Waals surface area (Å²) in [4.78, 5) is 21.9. The van der Waals surface area contributed by atoms with E-state index in [4.69, 9.17) is 17.3 Å². The molecule has 0 aliphatic carbocycles. The van der Waals surface area contributed by atoms with Crippen molar-refractivity contribution in [3.8, 4) is 0 Å². The van der Waals surface area contributed by atoms with Gasteiger partial charge in [0.1, 0.15) is 6.10 Å². The maximum absolute atomic E-state index is 11.3. The first-order valence-corrected chi connectivity index (χ1v) is 5.82. The average Bonchev–Trinajstić information content (AvgIpc) is 2.36. The number of benzene rings is 1. The van der Waals surface area contributed by atoms with E-state index in [2.05, 4.69) is 0 Å². The number of halogens is 1. The van der Waals surface area contributed by atoms with Gasteiger partial charge in [-0.25, -0.2) is 0 Å². The van der Waals surface area contributed by atoms with Gasteiger partial charge in [-0.15, -0.1) is 11.6 Å². The minimum Gasteiger partial charge on any atom is -0.390 e. The Morgan fingerprint density at radius 1 is 1.22 bits per heavy atom. The van der Waals surface area contributed by atoms with Crippen LogP contribution in [0.25, 0.3) is 0 Å². The van der Waals surface area contributed by atoms with Crippen LogP contribution in [0.2, 0.25) is 0 Å². The molecule has 1 aromatic rings. The quantitative estimate of drug-likeness (QED) is 0.514. The van der Waals surface area contributed by atoms with Gasteiger partial charge in [-0.1, -0.05) is 24.3 Å². The Balaban J connectivity index is 2.78. The Morgan fingerprint density at radius 2 is 1.78 bits per heavy atom. The van der Waals surface area contributed by atoms with E-state index in [1.54, 1.807) is 0 Å². The molecule has 2 unspecified atom stereocenters. The number of ketones is 1. The lowest BCUT2D eigenvalue weighted by Gasteiger charge is -2.16. The lowest BCUT2D eigenvalue weighted by Crippen LogP contribution is -2.25. The number of hydrogen-bond donors (Lipinski definition) is 3. The van der Waals surface area contributed by atoms with Crippen LogP contribution in [-0.4, -0.2) is 33.9 Å². The third-order valence-corrected chi connectivity index (χ3v) is 2.71. The summed E-state index contributed by atoms with van der Waals surface area (Å²) in [5.74, 6) is -1.04. The van der Waals surface area contributed by atoms with Gasteiger partial charge in [-0.05, 0) is 5.56 Å². The molecule has 18 heavy (non-hydrogen) atoms. The molecule has 0 radical (unpaired) electrons. The highest BCUT2D eigenvalue weighted by atomic mass is 35.5. The second-order valence-corrected chi connectivity index (χ2v) is 4.13. The van der Waals surface area contributed by atoms with Crippen molar-refractivity contribution in [3.63, 3.8) is 0 Å². The third-order valence-electron chi connectivity index (χ3n) is 2.47. The van der Waals surface area contributed by atoms with Crippen LogP contribution in [-0.2, 0) is 4.79 Å². The van der Waals surface area contributed by atoms with Gasteiger partial charge in [-0.3, -0.25) is 9.59 Å². The summed E-state index contributed by atoms with van der Waals surface area (Å²) in [5.41, 5.74) is 5.74. The summed E-state index contributed by atoms with van der Waals surface area (Å²) < 4.78 is 0. The number of alkyl halides is 1. The number of amides is 1. The molecule has 98 valence electrons. The number of aliphatic hydroxyl groups excluding tert-OH is 2. The van der Waals surface area contributed by atoms with Crippen molar-refractivity contribution in [1.82, 2.24) is 0 Å². The van der Waals surface area contributed by atoms with Crippen molar-refractivity contribution in [2.24, 2.45) is 5.73 Å². The molecule has 0 saturated heterocycles. The number of rotatable bonds is 6. The van der Waals surface area contributed by atoms with Crippen molar-refractivity contribution in [2.45, 2.75) is 18.6 Å². The predicted molar refractivity (Wildman–Crippen MR) is 66.3 cm³/mol. The smallest absolute Gasteiger partial charge is 0.220 e. The number of hydrogen-bond acceptors (Lipinski definition) is 4. The molecule has 0 bridgehead atoms. The van der Waals surface area contributed by atoms with E-state index in [0.717, 1.165) is 0 Å². The van der Waals surface area contributed by atoms with Crippen LogP contribution in [0.5, 0.6) is 0 Å². The zero-order valence-corrected chi connectivity index (χ0v) is 10.3. The highest BCUT2D eigenvalue weighted by molar-refractivity contribution is 6.30. The zero-order valence-electron chi connectivity index (χ0n) is 9.54. The molecular formula is C12H14ClNO4. The Kier molecular flexibility index (Phi) is 5.27. The largest absolute Gasteiger partial charge is 0.390 e. The Labute approximate surface area is 109 Å². The van der Waals surface area contributed by atoms with Crippen molar-refractivity contribution in [3.05, 3.63) is 35.4 Å². The predicted octanol–water partition coefficient (Wildman–Crippen LogP) is 0.378. The molecule has 0 aromatic heterocycles. The molecule has 0 saturated carbocycles. The van der Waals surface area contributed by atoms with Gasteiger partial charge < -0.3 is 15.9 Å². The summed E-state index contributed by atoms with van der Waals surface area (Å²) >= 11 is 5.41. The van der Waals surface area contributed by atoms with Crippen molar-refractivity contribution in [2.75, 3.05) is 5.88 Å². The SMILES string of the molecule is NC(=O)CC(O)C(O)c1ccc(C(=O)CCl)cc1. The fourth-order valence-corrected chi connectivity index (χ4v) is 1.64. The second-order valence-electron chi connectivity index (χ2n) is 3.86. The van der Waals surface area contributed by atoms with Gasteiger partial charge in [0, 0.05) is 5.56 Å². The minimum atomic E-state index is -1.27. The van der Waals surface area contributed by atoms with Crippen molar-refractivity contribution >= 4 is 23.3 Å². The molecule has 0 fully saturated rings. The molecule has 1 aromatic carbocycles. The van der Waals surface area contributed by atoms with Crippen LogP contribution >= 0.6 is 11.6 Å². The summed E-state index contributed by atoms with van der Waals surface area (Å²) in [6.45, 7) is 0. The standard InChI is InChI=1S/C12H14ClNO4/c13-6-10(16)7-1-3-8(4-2-7)12(18)9(15)5-11(14)17/h1-4,9,12,15,18H,5-6H2,(H2,14,17). The van der Waals surface area contributed by atoms with Crippen LogP contribution in [0.4, 0.5) is 0 Å². The molecule has 5 nitrogen and oxygen atoms in total. The molecule has 2 atom stereocenters. The average molecular weight is 272 g/mol. The molecule has 6 heteroatoms. The first kappa shape index (κ1) is 14.6. The normalized spacial score (nSPS) is 13.9. The Bertz CT molecular complexity index is 432. The van der Waals surface area contributed by atoms with E-state index < -0.39 is 18.1 Å². The monoisotopic (exact) mass is 271 g/mol. The fraction of sp³-hybridized carbons (Fsp3) is 0.333. The lowest BCUT2D eigenvalue weighted by molar-refractivity contribution is -0.121. The van der Waals surface area contributed by atoms with Crippen LogP contribution in [0.15, 0.2) is 24.3 Å². The van der Waals surface area contributed by atoms with Gasteiger partial charge in [-0.2, -0.15) is 0 Å². The molecule has 1 rings (SSSR count). The number of aliphatic hydroxyl groups is 2. The van der Waals surface area contributed by atoms with Crippen LogP contribution in [0.1, 0.15) is 28.4 Å². The Hall–Kier alpha value is -1.43. The maximum Gasteiger partial charge on any atom is 0.220 e. The number of primary amides is 1. The number of Topliss-reactive ketones (excluding diaryl/α,β-unsaturated/α-hetero) is 1. The summed E-state index contributed by atoms with van der Waals surface area (Å²) in [7, 11) is 0. The van der Waals surface area contributed by atoms with Crippen LogP contribution in [0, 0.1) is 0 Å². The first-order chi connectivity index (χ1) is 8.45. The van der Waals surface area contributed by atoms with E-state index in [-0.39, 0.29) is 18.1 Å². The van der Waals surface area contributed by atoms with Crippen LogP contribution < -0.4 is 5.73 Å². The molecular weight excluding hydrogens is 258 g/mol. The van der Waals surface area contributed by atoms with Crippen molar-refractivity contribution in [1.29, 1.82) is 0 Å². The maximum atomic E-state index is 11.3. The van der Waals surface area contributed by atoms with Crippen molar-refractivity contribution < 1.29 is 19.8 Å². The molecule has 0 aliphatic heterocycles. The van der Waals surface area contributed by atoms with E-state index in [0.29, 0.717) is 11.1 Å². The zero-order chi connectivity index (χ0) is 13.7. The number of nitrogens with two attached hydrogens (primary N) is 1. The third kappa shape index (κ3) is 3.80. The van der Waals surface area contributed by atoms with Gasteiger partial charge in [0.15, 0.2) is 5.78 Å². The number of carbonyl (C=O) groups excluding carboxylic acids is 2. The summed E-state index contributed by atoms with van der Waals surface area (Å²) in [6, 6.07) is 5.99. The van der Waals surface area contributed by atoms with E-state index in [9.17, 15) is 19.8 Å². The lowest BCUT2D eigenvalue weighted by atomic mass is 10.00. The fourth-order valence-electron chi connectivity index (χ4n) is 1.48. The molecule has 0 heterocycles. The Morgan fingerprint density at radius 3 is 2.22 bits per heavy atom. The second kappa shape index (κ2) is 6.49. The highest BCUT2D eigenvalue weighted by Gasteiger charge is 2.20. The van der Waals surface area contributed by atoms with Gasteiger partial charge in [0.25, 0.3) is 0 Å². The summed E-state index contributed by atoms with van der Waals surface area (Å²) in [6.07, 6.45) is -2.82. The molecule has 1 amide bonds. The van der Waals surface area contributed by atoms with E-state index >= 15 is 0 Å². The molecule has 0 aliphatic rings. The van der Waals surface area contributed by atoms with E-state index in [1.165, 1.54) is 24.3 Å². The topological polar surface area (TPSA) is 101 Å². The molecule has 4 N–H and O–H groups in total. The highest BCUT2D eigenvalue weighted by Crippen LogP contribution is 2.19. The molecule has 0 spiro atoms. The first-order valence-electron chi connectivity index (χ1n) is 5.29. The minimum absolute atomic E-state index is 0.119.